The third kappa shape index (κ3) is 4.55. The van der Waals surface area contributed by atoms with Crippen LogP contribution in [0.2, 0.25) is 0 Å². The van der Waals surface area contributed by atoms with Crippen molar-refractivity contribution in [2.75, 3.05) is 34.6 Å². The molecule has 0 N–H and O–H groups in total. The first kappa shape index (κ1) is 24.8. The smallest absolute Gasteiger partial charge is 0.266 e. The first-order valence-corrected chi connectivity index (χ1v) is 13.0. The van der Waals surface area contributed by atoms with Crippen LogP contribution in [0.3, 0.4) is 0 Å². The Morgan fingerprint density at radius 1 is 0.811 bits per heavy atom. The molecule has 0 unspecified atom stereocenters. The van der Waals surface area contributed by atoms with Crippen molar-refractivity contribution in [3.05, 3.63) is 84.4 Å². The maximum absolute atomic E-state index is 13.8. The standard InChI is InChI=1S/C30H33N3O4/c1-4-20-36-25-18-16-23(17-19-25)32-29(34)26-27(21-12-14-22(15-13-21)31(5-2)6-3)33(37-28(26)30(32)35)24-10-8-7-9-11-24/h7-19,26-28H,4-6,20H2,1-3H3/t26-,27+,28+/m0/s1. The number of nitrogens with zero attached hydrogens (tertiary/aromatic N) is 3. The molecule has 3 atom stereocenters. The lowest BCUT2D eigenvalue weighted by atomic mass is 9.90. The van der Waals surface area contributed by atoms with E-state index >= 15 is 0 Å². The van der Waals surface area contributed by atoms with Crippen LogP contribution in [0, 0.1) is 5.92 Å². The molecule has 37 heavy (non-hydrogen) atoms. The van der Waals surface area contributed by atoms with Crippen LogP contribution < -0.4 is 19.6 Å². The molecule has 3 aromatic rings. The molecule has 7 heteroatoms. The lowest BCUT2D eigenvalue weighted by molar-refractivity contribution is -0.126. The fraction of sp³-hybridized carbons (Fsp3) is 0.333. The highest BCUT2D eigenvalue weighted by molar-refractivity contribution is 6.23. The van der Waals surface area contributed by atoms with E-state index in [0.29, 0.717) is 18.0 Å². The van der Waals surface area contributed by atoms with Gasteiger partial charge in [-0.3, -0.25) is 14.4 Å². The van der Waals surface area contributed by atoms with E-state index in [-0.39, 0.29) is 11.8 Å². The maximum Gasteiger partial charge on any atom is 0.266 e. The molecule has 2 fully saturated rings. The highest BCUT2D eigenvalue weighted by Crippen LogP contribution is 2.47. The quantitative estimate of drug-likeness (QED) is 0.369. The number of rotatable bonds is 9. The van der Waals surface area contributed by atoms with E-state index in [2.05, 4.69) is 30.9 Å². The van der Waals surface area contributed by atoms with Gasteiger partial charge in [-0.15, -0.1) is 0 Å². The van der Waals surface area contributed by atoms with Crippen molar-refractivity contribution in [2.45, 2.75) is 39.3 Å². The number of carbonyl (C=O) groups excluding carboxylic acids is 2. The molecule has 2 amide bonds. The molecular formula is C30H33N3O4. The van der Waals surface area contributed by atoms with Gasteiger partial charge in [-0.1, -0.05) is 37.3 Å². The molecule has 0 saturated carbocycles. The van der Waals surface area contributed by atoms with Crippen molar-refractivity contribution in [1.82, 2.24) is 0 Å². The van der Waals surface area contributed by atoms with Gasteiger partial charge >= 0.3 is 0 Å². The Kier molecular flexibility index (Phi) is 7.15. The Hall–Kier alpha value is -3.84. The van der Waals surface area contributed by atoms with Gasteiger partial charge in [0.05, 0.1) is 24.0 Å². The second-order valence-electron chi connectivity index (χ2n) is 9.28. The number of hydrogen-bond donors (Lipinski definition) is 0. The average Bonchev–Trinajstić information content (AvgIpc) is 3.45. The molecule has 0 aliphatic carbocycles. The minimum absolute atomic E-state index is 0.256. The SMILES string of the molecule is CCCOc1ccc(N2C(=O)[C@H]3[C@@H](c4ccc(N(CC)CC)cc4)N(c4ccccc4)O[C@H]3C2=O)cc1. The Morgan fingerprint density at radius 3 is 2.11 bits per heavy atom. The molecule has 2 saturated heterocycles. The summed E-state index contributed by atoms with van der Waals surface area (Å²) in [4.78, 5) is 37.2. The molecule has 0 aromatic heterocycles. The summed E-state index contributed by atoms with van der Waals surface area (Å²) in [5.74, 6) is -0.556. The van der Waals surface area contributed by atoms with Gasteiger partial charge in [-0.05, 0) is 74.4 Å². The summed E-state index contributed by atoms with van der Waals surface area (Å²) < 4.78 is 5.66. The Bertz CT molecular complexity index is 1230. The average molecular weight is 500 g/mol. The van der Waals surface area contributed by atoms with Crippen LogP contribution in [-0.4, -0.2) is 37.6 Å². The Labute approximate surface area is 218 Å². The Morgan fingerprint density at radius 2 is 1.49 bits per heavy atom. The van der Waals surface area contributed by atoms with Gasteiger partial charge < -0.3 is 9.64 Å². The number of carbonyl (C=O) groups is 2. The van der Waals surface area contributed by atoms with E-state index in [1.807, 2.05) is 49.4 Å². The van der Waals surface area contributed by atoms with E-state index in [9.17, 15) is 9.59 Å². The number of anilines is 3. The molecule has 0 radical (unpaired) electrons. The van der Waals surface area contributed by atoms with Crippen LogP contribution >= 0.6 is 0 Å². The van der Waals surface area contributed by atoms with Crippen molar-refractivity contribution < 1.29 is 19.2 Å². The maximum atomic E-state index is 13.8. The van der Waals surface area contributed by atoms with Crippen LogP contribution in [0.1, 0.15) is 38.8 Å². The zero-order valence-electron chi connectivity index (χ0n) is 21.5. The van der Waals surface area contributed by atoms with Crippen LogP contribution in [-0.2, 0) is 14.4 Å². The van der Waals surface area contributed by atoms with Gasteiger partial charge in [0, 0.05) is 18.8 Å². The van der Waals surface area contributed by atoms with Crippen molar-refractivity contribution in [3.63, 3.8) is 0 Å². The molecule has 2 aliphatic heterocycles. The predicted molar refractivity (Wildman–Crippen MR) is 145 cm³/mol. The van der Waals surface area contributed by atoms with Crippen LogP contribution in [0.5, 0.6) is 5.75 Å². The van der Waals surface area contributed by atoms with Gasteiger partial charge in [-0.2, -0.15) is 0 Å². The van der Waals surface area contributed by atoms with Crippen molar-refractivity contribution in [3.8, 4) is 5.75 Å². The summed E-state index contributed by atoms with van der Waals surface area (Å²) in [6.07, 6.45) is 0.0111. The van der Waals surface area contributed by atoms with Gasteiger partial charge in [0.2, 0.25) is 5.91 Å². The molecule has 2 heterocycles. The van der Waals surface area contributed by atoms with E-state index in [0.717, 1.165) is 36.4 Å². The van der Waals surface area contributed by atoms with Crippen LogP contribution in [0.4, 0.5) is 17.1 Å². The summed E-state index contributed by atoms with van der Waals surface area (Å²) in [6, 6.07) is 24.5. The molecule has 0 bridgehead atoms. The number of para-hydroxylation sites is 1. The van der Waals surface area contributed by atoms with Crippen LogP contribution in [0.15, 0.2) is 78.9 Å². The molecule has 3 aromatic carbocycles. The minimum atomic E-state index is -0.892. The summed E-state index contributed by atoms with van der Waals surface area (Å²) >= 11 is 0. The number of ether oxygens (including phenoxy) is 1. The molecular weight excluding hydrogens is 466 g/mol. The first-order valence-electron chi connectivity index (χ1n) is 13.0. The largest absolute Gasteiger partial charge is 0.494 e. The van der Waals surface area contributed by atoms with Gasteiger partial charge in [0.15, 0.2) is 6.10 Å². The molecule has 192 valence electrons. The second-order valence-corrected chi connectivity index (χ2v) is 9.28. The van der Waals surface area contributed by atoms with Crippen molar-refractivity contribution in [1.29, 1.82) is 0 Å². The van der Waals surface area contributed by atoms with Gasteiger partial charge in [-0.25, -0.2) is 9.96 Å². The summed E-state index contributed by atoms with van der Waals surface area (Å²) in [7, 11) is 0. The van der Waals surface area contributed by atoms with Crippen molar-refractivity contribution in [2.24, 2.45) is 5.92 Å². The summed E-state index contributed by atoms with van der Waals surface area (Å²) in [6.45, 7) is 8.73. The fourth-order valence-corrected chi connectivity index (χ4v) is 5.19. The molecule has 0 spiro atoms. The first-order chi connectivity index (χ1) is 18.1. The van der Waals surface area contributed by atoms with Crippen molar-refractivity contribution >= 4 is 28.9 Å². The third-order valence-corrected chi connectivity index (χ3v) is 7.06. The highest BCUT2D eigenvalue weighted by Gasteiger charge is 2.60. The van der Waals surface area contributed by atoms with Gasteiger partial charge in [0.25, 0.3) is 5.91 Å². The molecule has 5 rings (SSSR count). The van der Waals surface area contributed by atoms with E-state index < -0.39 is 18.1 Å². The Balaban J connectivity index is 1.48. The zero-order valence-corrected chi connectivity index (χ0v) is 21.5. The number of benzene rings is 3. The predicted octanol–water partition coefficient (Wildman–Crippen LogP) is 5.37. The number of imide groups is 1. The summed E-state index contributed by atoms with van der Waals surface area (Å²) in [5.41, 5.74) is 3.38. The number of hydroxylamine groups is 1. The lowest BCUT2D eigenvalue weighted by Crippen LogP contribution is -2.37. The van der Waals surface area contributed by atoms with Gasteiger partial charge in [0.1, 0.15) is 11.7 Å². The number of fused-ring (bicyclic) bond motifs is 1. The zero-order chi connectivity index (χ0) is 25.9. The molecule has 7 nitrogen and oxygen atoms in total. The normalized spacial score (nSPS) is 20.9. The lowest BCUT2D eigenvalue weighted by Gasteiger charge is -2.29. The monoisotopic (exact) mass is 499 g/mol. The fourth-order valence-electron chi connectivity index (χ4n) is 5.19. The number of amides is 2. The van der Waals surface area contributed by atoms with Crippen LogP contribution in [0.25, 0.3) is 0 Å². The number of hydrogen-bond acceptors (Lipinski definition) is 6. The molecule has 2 aliphatic rings. The highest BCUT2D eigenvalue weighted by atomic mass is 16.7. The van der Waals surface area contributed by atoms with E-state index in [1.165, 1.54) is 4.90 Å². The minimum Gasteiger partial charge on any atom is -0.494 e. The third-order valence-electron chi connectivity index (χ3n) is 7.06. The second kappa shape index (κ2) is 10.6. The van der Waals surface area contributed by atoms with E-state index in [1.54, 1.807) is 29.3 Å². The topological polar surface area (TPSA) is 62.3 Å². The summed E-state index contributed by atoms with van der Waals surface area (Å²) in [5, 5.41) is 1.73. The van der Waals surface area contributed by atoms with E-state index in [4.69, 9.17) is 9.57 Å².